The molecule has 0 spiro atoms. The van der Waals surface area contributed by atoms with Gasteiger partial charge in [-0.15, -0.1) is 0 Å². The molecule has 1 N–H and O–H groups in total. The number of hydrogen-bond donors (Lipinski definition) is 1. The maximum atomic E-state index is 10.0. The van der Waals surface area contributed by atoms with Gasteiger partial charge in [0.25, 0.3) is 0 Å². The maximum absolute atomic E-state index is 10.0. The number of ether oxygens (including phenoxy) is 3. The van der Waals surface area contributed by atoms with Gasteiger partial charge in [0.05, 0.1) is 6.10 Å². The second kappa shape index (κ2) is 5.84. The van der Waals surface area contributed by atoms with Crippen LogP contribution >= 0.6 is 0 Å². The van der Waals surface area contributed by atoms with Crippen LogP contribution in [0.25, 0.3) is 0 Å². The Morgan fingerprint density at radius 1 is 1.05 bits per heavy atom. The van der Waals surface area contributed by atoms with E-state index in [0.717, 1.165) is 22.8 Å². The first-order chi connectivity index (χ1) is 9.81. The molecule has 0 aromatic heterocycles. The molecule has 104 valence electrons. The first-order valence-corrected chi connectivity index (χ1v) is 6.56. The van der Waals surface area contributed by atoms with E-state index < -0.39 is 6.10 Å². The Morgan fingerprint density at radius 2 is 1.85 bits per heavy atom. The van der Waals surface area contributed by atoms with Gasteiger partial charge in [-0.05, 0) is 29.8 Å². The quantitative estimate of drug-likeness (QED) is 0.908. The summed E-state index contributed by atoms with van der Waals surface area (Å²) in [6.07, 6.45) is -0.0423. The fraction of sp³-hybridized carbons (Fsp3) is 0.250. The number of para-hydroxylation sites is 1. The van der Waals surface area contributed by atoms with Crippen LogP contribution in [0.15, 0.2) is 48.5 Å². The van der Waals surface area contributed by atoms with Crippen molar-refractivity contribution in [3.05, 3.63) is 54.1 Å². The van der Waals surface area contributed by atoms with Gasteiger partial charge >= 0.3 is 0 Å². The first-order valence-electron chi connectivity index (χ1n) is 6.56. The highest BCUT2D eigenvalue weighted by atomic mass is 16.7. The molecule has 0 aliphatic carbocycles. The summed E-state index contributed by atoms with van der Waals surface area (Å²) in [4.78, 5) is 0. The average molecular weight is 272 g/mol. The molecule has 0 fully saturated rings. The van der Waals surface area contributed by atoms with Gasteiger partial charge in [0.1, 0.15) is 12.4 Å². The summed E-state index contributed by atoms with van der Waals surface area (Å²) in [5, 5.41) is 10.0. The van der Waals surface area contributed by atoms with Crippen molar-refractivity contribution in [1.82, 2.24) is 0 Å². The zero-order valence-electron chi connectivity index (χ0n) is 11.0. The van der Waals surface area contributed by atoms with Gasteiger partial charge in [0.2, 0.25) is 6.79 Å². The maximum Gasteiger partial charge on any atom is 0.231 e. The third-order valence-corrected chi connectivity index (χ3v) is 3.09. The number of fused-ring (bicyclic) bond motifs is 1. The van der Waals surface area contributed by atoms with Gasteiger partial charge < -0.3 is 19.3 Å². The Balaban J connectivity index is 1.55. The highest BCUT2D eigenvalue weighted by Gasteiger charge is 2.15. The molecule has 20 heavy (non-hydrogen) atoms. The number of aliphatic hydroxyl groups excluding tert-OH is 1. The lowest BCUT2D eigenvalue weighted by Crippen LogP contribution is -2.20. The molecule has 0 bridgehead atoms. The van der Waals surface area contributed by atoms with Crippen LogP contribution in [0.3, 0.4) is 0 Å². The Bertz CT molecular complexity index is 568. The molecular weight excluding hydrogens is 256 g/mol. The van der Waals surface area contributed by atoms with Crippen LogP contribution in [0.4, 0.5) is 0 Å². The predicted molar refractivity (Wildman–Crippen MR) is 74.2 cm³/mol. The van der Waals surface area contributed by atoms with Crippen LogP contribution < -0.4 is 14.2 Å². The van der Waals surface area contributed by atoms with E-state index in [1.807, 2.05) is 48.5 Å². The lowest BCUT2D eigenvalue weighted by molar-refractivity contribution is 0.107. The zero-order chi connectivity index (χ0) is 13.8. The summed E-state index contributed by atoms with van der Waals surface area (Å²) in [5.74, 6) is 2.25. The minimum atomic E-state index is -0.560. The minimum absolute atomic E-state index is 0.262. The van der Waals surface area contributed by atoms with E-state index in [2.05, 4.69) is 0 Å². The van der Waals surface area contributed by atoms with Crippen LogP contribution in [0, 0.1) is 0 Å². The van der Waals surface area contributed by atoms with Crippen molar-refractivity contribution in [1.29, 1.82) is 0 Å². The molecule has 0 saturated heterocycles. The number of aliphatic hydroxyl groups is 1. The van der Waals surface area contributed by atoms with Crippen molar-refractivity contribution >= 4 is 0 Å². The van der Waals surface area contributed by atoms with Gasteiger partial charge in [-0.25, -0.2) is 0 Å². The third-order valence-electron chi connectivity index (χ3n) is 3.09. The van der Waals surface area contributed by atoms with Gasteiger partial charge in [0, 0.05) is 6.42 Å². The molecule has 1 unspecified atom stereocenters. The summed E-state index contributed by atoms with van der Waals surface area (Å²) < 4.78 is 16.1. The van der Waals surface area contributed by atoms with Gasteiger partial charge in [-0.1, -0.05) is 24.3 Å². The Labute approximate surface area is 117 Å². The second-order valence-corrected chi connectivity index (χ2v) is 4.67. The van der Waals surface area contributed by atoms with Crippen LogP contribution in [-0.4, -0.2) is 24.6 Å². The predicted octanol–water partition coefficient (Wildman–Crippen LogP) is 2.40. The lowest BCUT2D eigenvalue weighted by Gasteiger charge is -2.12. The van der Waals surface area contributed by atoms with E-state index in [1.54, 1.807) is 0 Å². The smallest absolute Gasteiger partial charge is 0.231 e. The standard InChI is InChI=1S/C16H16O4/c17-13(10-18-14-4-2-1-3-5-14)8-12-6-7-15-16(9-12)20-11-19-15/h1-7,9,13,17H,8,10-11H2. The topological polar surface area (TPSA) is 47.9 Å². The van der Waals surface area contributed by atoms with Crippen molar-refractivity contribution in [3.8, 4) is 17.2 Å². The van der Waals surface area contributed by atoms with Crippen LogP contribution in [-0.2, 0) is 6.42 Å². The second-order valence-electron chi connectivity index (χ2n) is 4.67. The number of rotatable bonds is 5. The molecule has 0 amide bonds. The zero-order valence-corrected chi connectivity index (χ0v) is 11.0. The normalized spacial score (nSPS) is 14.1. The molecule has 0 saturated carbocycles. The van der Waals surface area contributed by atoms with E-state index in [1.165, 1.54) is 0 Å². The monoisotopic (exact) mass is 272 g/mol. The molecule has 1 atom stereocenters. The van der Waals surface area contributed by atoms with Crippen molar-refractivity contribution in [2.24, 2.45) is 0 Å². The molecule has 0 radical (unpaired) electrons. The van der Waals surface area contributed by atoms with E-state index in [-0.39, 0.29) is 13.4 Å². The summed E-state index contributed by atoms with van der Waals surface area (Å²) in [5.41, 5.74) is 0.999. The van der Waals surface area contributed by atoms with Gasteiger partial charge in [-0.3, -0.25) is 0 Å². The molecule has 3 rings (SSSR count). The molecular formula is C16H16O4. The summed E-state index contributed by atoms with van der Waals surface area (Å²) in [6, 6.07) is 15.2. The summed E-state index contributed by atoms with van der Waals surface area (Å²) in [7, 11) is 0. The van der Waals surface area contributed by atoms with Crippen LogP contribution in [0.2, 0.25) is 0 Å². The molecule has 1 aliphatic heterocycles. The van der Waals surface area contributed by atoms with Crippen molar-refractivity contribution < 1.29 is 19.3 Å². The molecule has 1 heterocycles. The summed E-state index contributed by atoms with van der Waals surface area (Å²) >= 11 is 0. The Morgan fingerprint density at radius 3 is 2.70 bits per heavy atom. The van der Waals surface area contributed by atoms with E-state index in [9.17, 15) is 5.11 Å². The molecule has 2 aromatic rings. The highest BCUT2D eigenvalue weighted by Crippen LogP contribution is 2.32. The molecule has 1 aliphatic rings. The number of benzene rings is 2. The SMILES string of the molecule is OC(COc1ccccc1)Cc1ccc2c(c1)OCO2. The average Bonchev–Trinajstić information content (AvgIpc) is 2.94. The van der Waals surface area contributed by atoms with Gasteiger partial charge in [-0.2, -0.15) is 0 Å². The minimum Gasteiger partial charge on any atom is -0.491 e. The van der Waals surface area contributed by atoms with Crippen LogP contribution in [0.1, 0.15) is 5.56 Å². The van der Waals surface area contributed by atoms with Crippen molar-refractivity contribution in [2.75, 3.05) is 13.4 Å². The Hall–Kier alpha value is -2.20. The molecule has 4 heteroatoms. The largest absolute Gasteiger partial charge is 0.491 e. The van der Waals surface area contributed by atoms with Crippen molar-refractivity contribution in [3.63, 3.8) is 0 Å². The first kappa shape index (κ1) is 12.8. The molecule has 4 nitrogen and oxygen atoms in total. The van der Waals surface area contributed by atoms with Gasteiger partial charge in [0.15, 0.2) is 11.5 Å². The fourth-order valence-electron chi connectivity index (χ4n) is 2.11. The van der Waals surface area contributed by atoms with E-state index in [0.29, 0.717) is 6.42 Å². The van der Waals surface area contributed by atoms with E-state index in [4.69, 9.17) is 14.2 Å². The Kier molecular flexibility index (Phi) is 3.74. The molecule has 2 aromatic carbocycles. The third kappa shape index (κ3) is 3.03. The fourth-order valence-corrected chi connectivity index (χ4v) is 2.11. The number of hydrogen-bond acceptors (Lipinski definition) is 4. The highest BCUT2D eigenvalue weighted by molar-refractivity contribution is 5.44. The van der Waals surface area contributed by atoms with Crippen LogP contribution in [0.5, 0.6) is 17.2 Å². The van der Waals surface area contributed by atoms with Crippen molar-refractivity contribution in [2.45, 2.75) is 12.5 Å². The van der Waals surface area contributed by atoms with E-state index >= 15 is 0 Å². The lowest BCUT2D eigenvalue weighted by atomic mass is 10.1. The summed E-state index contributed by atoms with van der Waals surface area (Å²) in [6.45, 7) is 0.525.